The molecule has 11 heteroatoms. The summed E-state index contributed by atoms with van der Waals surface area (Å²) < 4.78 is 49.0. The predicted molar refractivity (Wildman–Crippen MR) is 121 cm³/mol. The number of benzene rings is 2. The number of nitrogens with one attached hydrogen (secondary N) is 1. The molecule has 0 spiro atoms. The summed E-state index contributed by atoms with van der Waals surface area (Å²) in [4.78, 5) is 12.5. The third-order valence-corrected chi connectivity index (χ3v) is 6.13. The van der Waals surface area contributed by atoms with Crippen molar-refractivity contribution in [2.45, 2.75) is 19.8 Å². The second-order valence-electron chi connectivity index (χ2n) is 6.45. The molecule has 6 nitrogen and oxygen atoms in total. The minimum atomic E-state index is -4.89. The van der Waals surface area contributed by atoms with E-state index in [2.05, 4.69) is 37.2 Å². The Morgan fingerprint density at radius 2 is 1.94 bits per heavy atom. The van der Waals surface area contributed by atoms with Gasteiger partial charge in [0.15, 0.2) is 0 Å². The maximum Gasteiger partial charge on any atom is 0.573 e. The topological polar surface area (TPSA) is 65.4 Å². The maximum absolute atomic E-state index is 12.6. The van der Waals surface area contributed by atoms with Crippen LogP contribution in [0.25, 0.3) is 11.3 Å². The molecule has 3 rings (SSSR count). The number of para-hydroxylation sites is 1. The van der Waals surface area contributed by atoms with Crippen LogP contribution in [0.15, 0.2) is 48.5 Å². The molecule has 1 atom stereocenters. The summed E-state index contributed by atoms with van der Waals surface area (Å²) in [5.74, 6) is -0.562. The number of nitrogens with zero attached hydrogens (tertiary/aromatic N) is 2. The van der Waals surface area contributed by atoms with E-state index in [1.54, 1.807) is 11.6 Å². The van der Waals surface area contributed by atoms with E-state index in [1.165, 1.54) is 18.2 Å². The highest BCUT2D eigenvalue weighted by Gasteiger charge is 2.32. The van der Waals surface area contributed by atoms with E-state index in [-0.39, 0.29) is 12.1 Å². The Hall–Kier alpha value is -2.33. The smallest absolute Gasteiger partial charge is 0.496 e. The zero-order valence-corrected chi connectivity index (χ0v) is 19.6. The lowest BCUT2D eigenvalue weighted by molar-refractivity contribution is -0.274. The molecule has 1 aromatic heterocycles. The molecular weight excluding hydrogens is 545 g/mol. The molecule has 2 aromatic carbocycles. The number of carbonyl (C=O) groups excluding carboxylic acids is 1. The number of rotatable bonds is 7. The largest absolute Gasteiger partial charge is 0.573 e. The molecule has 3 aromatic rings. The first-order valence-electron chi connectivity index (χ1n) is 8.95. The molecule has 0 saturated carbocycles. The third kappa shape index (κ3) is 5.88. The molecule has 0 radical (unpaired) electrons. The molecule has 1 amide bonds. The van der Waals surface area contributed by atoms with E-state index < -0.39 is 18.0 Å². The van der Waals surface area contributed by atoms with Gasteiger partial charge in [-0.2, -0.15) is 5.10 Å². The fraction of sp³-hybridized carbons (Fsp3) is 0.200. The van der Waals surface area contributed by atoms with Crippen molar-refractivity contribution >= 4 is 34.3 Å². The van der Waals surface area contributed by atoms with E-state index in [1.807, 2.05) is 31.2 Å². The van der Waals surface area contributed by atoms with E-state index in [9.17, 15) is 18.0 Å². The summed E-state index contributed by atoms with van der Waals surface area (Å²) >= 11 is 2.20. The Kier molecular flexibility index (Phi) is 7.42. The number of methoxy groups -OCH3 is 1. The van der Waals surface area contributed by atoms with Gasteiger partial charge >= 0.3 is 6.36 Å². The van der Waals surface area contributed by atoms with Crippen LogP contribution in [0.1, 0.15) is 21.6 Å². The van der Waals surface area contributed by atoms with Gasteiger partial charge in [0, 0.05) is 5.56 Å². The van der Waals surface area contributed by atoms with E-state index in [4.69, 9.17) is 4.74 Å². The van der Waals surface area contributed by atoms with Crippen LogP contribution in [0.2, 0.25) is 0 Å². The summed E-state index contributed by atoms with van der Waals surface area (Å²) in [5.41, 5.74) is 3.08. The van der Waals surface area contributed by atoms with Gasteiger partial charge in [0.05, 0.1) is 37.0 Å². The lowest BCUT2D eigenvalue weighted by atomic mass is 10.1. The number of aryl methyl sites for hydroxylation is 1. The molecule has 31 heavy (non-hydrogen) atoms. The number of halogens is 4. The normalized spacial score (nSPS) is 11.7. The number of amides is 1. The van der Waals surface area contributed by atoms with Crippen LogP contribution in [-0.4, -0.2) is 28.9 Å². The van der Waals surface area contributed by atoms with Gasteiger partial charge in [-0.05, 0) is 59.3 Å². The average molecular weight is 563 g/mol. The summed E-state index contributed by atoms with van der Waals surface area (Å²) in [6.45, 7) is 2.01. The first kappa shape index (κ1) is 23.3. The Morgan fingerprint density at radius 1 is 1.19 bits per heavy atom. The molecule has 0 aliphatic rings. The minimum absolute atomic E-state index is 0.0361. The average Bonchev–Trinajstić information content (AvgIpc) is 3.14. The molecular formula is C20H18F3IN3O3P. The van der Waals surface area contributed by atoms with Crippen LogP contribution >= 0.6 is 28.4 Å². The van der Waals surface area contributed by atoms with Crippen LogP contribution in [0, 0.1) is 6.92 Å². The summed E-state index contributed by atoms with van der Waals surface area (Å²) in [7, 11) is 1.59. The van der Waals surface area contributed by atoms with Crippen molar-refractivity contribution in [1.29, 1.82) is 0 Å². The first-order chi connectivity index (χ1) is 14.7. The minimum Gasteiger partial charge on any atom is -0.496 e. The molecule has 1 unspecified atom stereocenters. The summed E-state index contributed by atoms with van der Waals surface area (Å²) in [5, 5.41) is 7.10. The molecule has 1 heterocycles. The molecule has 0 aliphatic heterocycles. The van der Waals surface area contributed by atoms with Crippen LogP contribution < -0.4 is 14.8 Å². The van der Waals surface area contributed by atoms with Crippen molar-refractivity contribution in [1.82, 2.24) is 14.9 Å². The Balaban J connectivity index is 1.82. The van der Waals surface area contributed by atoms with E-state index in [0.29, 0.717) is 17.8 Å². The Morgan fingerprint density at radius 3 is 2.61 bits per heavy atom. The lowest BCUT2D eigenvalue weighted by Gasteiger charge is -2.12. The molecule has 0 saturated heterocycles. The van der Waals surface area contributed by atoms with Gasteiger partial charge in [0.2, 0.25) is 0 Å². The fourth-order valence-corrected chi connectivity index (χ4v) is 4.47. The van der Waals surface area contributed by atoms with Gasteiger partial charge < -0.3 is 14.8 Å². The van der Waals surface area contributed by atoms with Crippen molar-refractivity contribution in [3.05, 3.63) is 65.4 Å². The number of hydrogen-bond donors (Lipinski definition) is 1. The van der Waals surface area contributed by atoms with Gasteiger partial charge in [-0.1, -0.05) is 23.8 Å². The van der Waals surface area contributed by atoms with E-state index in [0.717, 1.165) is 22.9 Å². The Bertz CT molecular complexity index is 1090. The SMILES string of the molecule is COc1ccc(C)cc1-c1cc(CNC(=O)c2ccccc2OC(F)(F)F)nn1PI. The fourth-order valence-electron chi connectivity index (χ4n) is 2.93. The molecule has 164 valence electrons. The van der Waals surface area contributed by atoms with Crippen molar-refractivity contribution in [3.63, 3.8) is 0 Å². The van der Waals surface area contributed by atoms with Crippen molar-refractivity contribution in [2.75, 3.05) is 7.11 Å². The van der Waals surface area contributed by atoms with Gasteiger partial charge in [-0.25, -0.2) is 4.45 Å². The maximum atomic E-state index is 12.6. The molecule has 0 aliphatic carbocycles. The zero-order valence-electron chi connectivity index (χ0n) is 16.5. The second kappa shape index (κ2) is 9.86. The second-order valence-corrected chi connectivity index (χ2v) is 8.49. The third-order valence-electron chi connectivity index (χ3n) is 4.26. The first-order valence-corrected chi connectivity index (χ1v) is 13.0. The van der Waals surface area contributed by atoms with Gasteiger partial charge in [0.25, 0.3) is 5.91 Å². The van der Waals surface area contributed by atoms with Gasteiger partial charge in [-0.15, -0.1) is 13.2 Å². The zero-order chi connectivity index (χ0) is 22.6. The lowest BCUT2D eigenvalue weighted by Crippen LogP contribution is -2.25. The summed E-state index contributed by atoms with van der Waals surface area (Å²) in [6.07, 6.45) is -4.60. The highest BCUT2D eigenvalue weighted by molar-refractivity contribution is 14.2. The van der Waals surface area contributed by atoms with Crippen LogP contribution in [0.4, 0.5) is 13.2 Å². The number of hydrogen-bond acceptors (Lipinski definition) is 4. The van der Waals surface area contributed by atoms with Crippen LogP contribution in [0.3, 0.4) is 0 Å². The number of alkyl halides is 3. The number of ether oxygens (including phenoxy) is 2. The molecule has 1 N–H and O–H groups in total. The van der Waals surface area contributed by atoms with Crippen LogP contribution in [-0.2, 0) is 6.54 Å². The number of aromatic nitrogens is 2. The number of carbonyl (C=O) groups is 1. The van der Waals surface area contributed by atoms with E-state index >= 15 is 0 Å². The van der Waals surface area contributed by atoms with Crippen molar-refractivity contribution in [2.24, 2.45) is 0 Å². The highest BCUT2D eigenvalue weighted by atomic mass is 127. The predicted octanol–water partition coefficient (Wildman–Crippen LogP) is 5.49. The molecule has 0 bridgehead atoms. The monoisotopic (exact) mass is 563 g/mol. The van der Waals surface area contributed by atoms with Crippen LogP contribution in [0.5, 0.6) is 11.5 Å². The van der Waals surface area contributed by atoms with Gasteiger partial charge in [0.1, 0.15) is 11.5 Å². The standard InChI is InChI=1S/C20H18F3IN3O3P/c1-12-7-8-17(29-2)15(9-12)16-10-13(26-27(16)31-24)11-25-19(28)14-5-3-4-6-18(14)30-20(21,22)23/h3-10,31H,11H2,1-2H3,(H,25,28). The summed E-state index contributed by atoms with van der Waals surface area (Å²) in [6, 6.07) is 12.8. The molecule has 0 fully saturated rings. The van der Waals surface area contributed by atoms with Crippen molar-refractivity contribution < 1.29 is 27.4 Å². The highest BCUT2D eigenvalue weighted by Crippen LogP contribution is 2.37. The van der Waals surface area contributed by atoms with Gasteiger partial charge in [-0.3, -0.25) is 4.79 Å². The Labute approximate surface area is 191 Å². The quantitative estimate of drug-likeness (QED) is 0.305. The van der Waals surface area contributed by atoms with Crippen molar-refractivity contribution in [3.8, 4) is 22.8 Å².